The number of hydrogen-bond acceptors (Lipinski definition) is 7. The number of benzene rings is 1. The minimum atomic E-state index is -3.62. The van der Waals surface area contributed by atoms with Gasteiger partial charge in [0, 0.05) is 50.0 Å². The molecule has 0 atom stereocenters. The molecule has 3 aromatic rings. The van der Waals surface area contributed by atoms with E-state index in [9.17, 15) is 13.2 Å². The Morgan fingerprint density at radius 3 is 2.53 bits per heavy atom. The summed E-state index contributed by atoms with van der Waals surface area (Å²) in [5.41, 5.74) is 3.11. The second-order valence-corrected chi connectivity index (χ2v) is 11.7. The van der Waals surface area contributed by atoms with Gasteiger partial charge in [0.2, 0.25) is 17.6 Å². The van der Waals surface area contributed by atoms with Crippen molar-refractivity contribution >= 4 is 32.8 Å². The zero-order valence-electron chi connectivity index (χ0n) is 18.9. The first-order valence-electron chi connectivity index (χ1n) is 11.3. The maximum Gasteiger partial charge on any atom is 0.252 e. The van der Waals surface area contributed by atoms with Gasteiger partial charge in [-0.05, 0) is 36.5 Å². The second kappa shape index (κ2) is 9.44. The molecule has 0 saturated carbocycles. The largest absolute Gasteiger partial charge is 0.339 e. The minimum absolute atomic E-state index is 0.131. The van der Waals surface area contributed by atoms with Crippen molar-refractivity contribution in [2.75, 3.05) is 26.2 Å². The van der Waals surface area contributed by atoms with Crippen molar-refractivity contribution in [2.45, 2.75) is 30.4 Å². The van der Waals surface area contributed by atoms with E-state index in [0.717, 1.165) is 17.8 Å². The van der Waals surface area contributed by atoms with Crippen LogP contribution in [0.5, 0.6) is 0 Å². The lowest BCUT2D eigenvalue weighted by molar-refractivity contribution is -0.136. The number of piperidine rings is 1. The first kappa shape index (κ1) is 22.9. The van der Waals surface area contributed by atoms with E-state index in [1.54, 1.807) is 18.4 Å². The van der Waals surface area contributed by atoms with Gasteiger partial charge in [-0.3, -0.25) is 4.79 Å². The third-order valence-electron chi connectivity index (χ3n) is 6.42. The van der Waals surface area contributed by atoms with Gasteiger partial charge in [0.05, 0.1) is 0 Å². The highest BCUT2D eigenvalue weighted by Crippen LogP contribution is 2.32. The van der Waals surface area contributed by atoms with Crippen molar-refractivity contribution in [1.29, 1.82) is 0 Å². The van der Waals surface area contributed by atoms with E-state index in [1.165, 1.54) is 15.4 Å². The van der Waals surface area contributed by atoms with Gasteiger partial charge in [-0.25, -0.2) is 8.42 Å². The monoisotopic (exact) mass is 498 g/mol. The fourth-order valence-electron chi connectivity index (χ4n) is 4.50. The fourth-order valence-corrected chi connectivity index (χ4v) is 7.28. The molecule has 0 spiro atoms. The van der Waals surface area contributed by atoms with Gasteiger partial charge in [-0.1, -0.05) is 41.6 Å². The Balaban J connectivity index is 1.19. The number of carbonyl (C=O) groups is 1. The Morgan fingerprint density at radius 2 is 1.88 bits per heavy atom. The highest BCUT2D eigenvalue weighted by Gasteiger charge is 2.35. The summed E-state index contributed by atoms with van der Waals surface area (Å²) in [7, 11) is -3.62. The zero-order valence-corrected chi connectivity index (χ0v) is 20.5. The van der Waals surface area contributed by atoms with Gasteiger partial charge in [0.1, 0.15) is 4.21 Å². The molecule has 5 rings (SSSR count). The Bertz CT molecular complexity index is 1310. The van der Waals surface area contributed by atoms with E-state index in [2.05, 4.69) is 28.3 Å². The number of rotatable bonds is 5. The normalized spacial score (nSPS) is 18.1. The molecule has 0 radical (unpaired) electrons. The molecule has 0 aliphatic carbocycles. The van der Waals surface area contributed by atoms with Crippen molar-refractivity contribution in [2.24, 2.45) is 5.92 Å². The molecule has 34 heavy (non-hydrogen) atoms. The maximum atomic E-state index is 13.2. The molecule has 1 saturated heterocycles. The predicted molar refractivity (Wildman–Crippen MR) is 129 cm³/mol. The molecular weight excluding hydrogens is 472 g/mol. The quantitative estimate of drug-likeness (QED) is 0.531. The Labute approximate surface area is 202 Å². The average Bonchev–Trinajstić information content (AvgIpc) is 3.54. The topological polar surface area (TPSA) is 96.6 Å². The van der Waals surface area contributed by atoms with Crippen LogP contribution in [0.25, 0.3) is 17.0 Å². The van der Waals surface area contributed by atoms with Crippen LogP contribution in [0.2, 0.25) is 0 Å². The van der Waals surface area contributed by atoms with Gasteiger partial charge < -0.3 is 9.42 Å². The van der Waals surface area contributed by atoms with Crippen molar-refractivity contribution in [3.8, 4) is 11.4 Å². The molecule has 178 valence electrons. The van der Waals surface area contributed by atoms with E-state index in [1.807, 2.05) is 23.1 Å². The Hall–Kier alpha value is -2.82. The summed E-state index contributed by atoms with van der Waals surface area (Å²) >= 11 is 1.15. The third-order valence-corrected chi connectivity index (χ3v) is 9.74. The van der Waals surface area contributed by atoms with Crippen LogP contribution in [0.15, 0.2) is 56.6 Å². The summed E-state index contributed by atoms with van der Waals surface area (Å²) in [5.74, 6) is 0.800. The van der Waals surface area contributed by atoms with Gasteiger partial charge in [-0.2, -0.15) is 9.29 Å². The number of thiophene rings is 1. The predicted octanol–water partition coefficient (Wildman–Crippen LogP) is 3.82. The number of aromatic nitrogens is 2. The number of amides is 1. The number of nitrogens with zero attached hydrogens (tertiary/aromatic N) is 4. The molecule has 10 heteroatoms. The summed E-state index contributed by atoms with van der Waals surface area (Å²) in [5, 5.41) is 5.58. The molecule has 1 fully saturated rings. The van der Waals surface area contributed by atoms with Crippen LogP contribution in [-0.2, 0) is 14.8 Å². The molecule has 0 unspecified atom stereocenters. The third kappa shape index (κ3) is 4.57. The highest BCUT2D eigenvalue weighted by molar-refractivity contribution is 7.91. The SMILES string of the molecule is Cc1nc(-c2csc(S(=O)(=O)N3CCC(C(=O)N4CC=C(c5ccccc5)CC4)CC3)c2)no1. The van der Waals surface area contributed by atoms with Crippen LogP contribution in [-0.4, -0.2) is 59.8 Å². The van der Waals surface area contributed by atoms with E-state index < -0.39 is 10.0 Å². The number of hydrogen-bond donors (Lipinski definition) is 0. The summed E-state index contributed by atoms with van der Waals surface area (Å²) in [6.45, 7) is 3.67. The molecule has 8 nitrogen and oxygen atoms in total. The van der Waals surface area contributed by atoms with Crippen molar-refractivity contribution in [3.63, 3.8) is 0 Å². The maximum absolute atomic E-state index is 13.2. The molecule has 1 amide bonds. The van der Waals surface area contributed by atoms with Crippen LogP contribution in [0, 0.1) is 12.8 Å². The molecule has 2 aliphatic rings. The molecule has 2 aromatic heterocycles. The number of sulfonamides is 1. The van der Waals surface area contributed by atoms with Crippen LogP contribution < -0.4 is 0 Å². The Morgan fingerprint density at radius 1 is 1.12 bits per heavy atom. The second-order valence-electron chi connectivity index (χ2n) is 8.60. The first-order valence-corrected chi connectivity index (χ1v) is 13.7. The van der Waals surface area contributed by atoms with E-state index in [4.69, 9.17) is 4.52 Å². The first-order chi connectivity index (χ1) is 16.4. The standard InChI is InChI=1S/C24H26N4O4S2/c1-17-25-23(26-32-17)21-15-22(33-16-21)34(30,31)28-13-9-20(10-14-28)24(29)27-11-7-19(8-12-27)18-5-3-2-4-6-18/h2-7,15-16,20H,8-14H2,1H3. The minimum Gasteiger partial charge on any atom is -0.339 e. The van der Waals surface area contributed by atoms with Crippen LogP contribution in [0.1, 0.15) is 30.7 Å². The van der Waals surface area contributed by atoms with Crippen molar-refractivity contribution in [3.05, 3.63) is 59.3 Å². The van der Waals surface area contributed by atoms with Crippen LogP contribution in [0.4, 0.5) is 0 Å². The smallest absolute Gasteiger partial charge is 0.252 e. The molecule has 1 aromatic carbocycles. The highest BCUT2D eigenvalue weighted by atomic mass is 32.2. The molecule has 0 bridgehead atoms. The van der Waals surface area contributed by atoms with E-state index in [-0.39, 0.29) is 16.0 Å². The summed E-state index contributed by atoms with van der Waals surface area (Å²) in [4.78, 5) is 19.2. The summed E-state index contributed by atoms with van der Waals surface area (Å²) in [6, 6.07) is 11.8. The molecule has 0 N–H and O–H groups in total. The molecule has 2 aliphatic heterocycles. The molecular formula is C24H26N4O4S2. The number of carbonyl (C=O) groups excluding carboxylic acids is 1. The van der Waals surface area contributed by atoms with Crippen LogP contribution in [0.3, 0.4) is 0 Å². The van der Waals surface area contributed by atoms with Gasteiger partial charge >= 0.3 is 0 Å². The van der Waals surface area contributed by atoms with Gasteiger partial charge in [-0.15, -0.1) is 11.3 Å². The van der Waals surface area contributed by atoms with Gasteiger partial charge in [0.25, 0.3) is 10.0 Å². The average molecular weight is 499 g/mol. The van der Waals surface area contributed by atoms with Gasteiger partial charge in [0.15, 0.2) is 0 Å². The lowest BCUT2D eigenvalue weighted by atomic mass is 9.94. The van der Waals surface area contributed by atoms with Crippen molar-refractivity contribution < 1.29 is 17.7 Å². The summed E-state index contributed by atoms with van der Waals surface area (Å²) < 4.78 is 33.0. The lowest BCUT2D eigenvalue weighted by Crippen LogP contribution is -2.45. The van der Waals surface area contributed by atoms with Crippen molar-refractivity contribution in [1.82, 2.24) is 19.3 Å². The fraction of sp³-hybridized carbons (Fsp3) is 0.375. The summed E-state index contributed by atoms with van der Waals surface area (Å²) in [6.07, 6.45) is 4.04. The van der Waals surface area contributed by atoms with E-state index >= 15 is 0 Å². The van der Waals surface area contributed by atoms with Crippen LogP contribution >= 0.6 is 11.3 Å². The van der Waals surface area contributed by atoms with E-state index in [0.29, 0.717) is 56.3 Å². The molecule has 4 heterocycles. The lowest BCUT2D eigenvalue weighted by Gasteiger charge is -2.34. The number of aryl methyl sites for hydroxylation is 1. The zero-order chi connectivity index (χ0) is 23.7. The Kier molecular flexibility index (Phi) is 6.37.